The number of hydrogen-bond acceptors (Lipinski definition) is 4. The van der Waals surface area contributed by atoms with Gasteiger partial charge in [0.2, 0.25) is 0 Å². The van der Waals surface area contributed by atoms with Gasteiger partial charge in [-0.25, -0.2) is 0 Å². The van der Waals surface area contributed by atoms with Gasteiger partial charge in [0.1, 0.15) is 5.75 Å². The highest BCUT2D eigenvalue weighted by Crippen LogP contribution is 2.16. The Bertz CT molecular complexity index is 351. The molecule has 0 radical (unpaired) electrons. The van der Waals surface area contributed by atoms with Crippen LogP contribution in [0.5, 0.6) is 5.75 Å². The molecule has 1 amide bonds. The molecule has 0 heterocycles. The first-order valence-corrected chi connectivity index (χ1v) is 5.63. The molecule has 5 nitrogen and oxygen atoms in total. The summed E-state index contributed by atoms with van der Waals surface area (Å²) in [5.41, 5.74) is 11.5. The molecule has 1 aromatic rings. The van der Waals surface area contributed by atoms with Crippen molar-refractivity contribution in [1.82, 2.24) is 0 Å². The van der Waals surface area contributed by atoms with Crippen LogP contribution < -0.4 is 21.5 Å². The number of primary amides is 1. The maximum Gasteiger partial charge on any atom is 0.258 e. The second kappa shape index (κ2) is 6.75. The highest BCUT2D eigenvalue weighted by atomic mass is 16.5. The summed E-state index contributed by atoms with van der Waals surface area (Å²) >= 11 is 0. The van der Waals surface area contributed by atoms with Gasteiger partial charge < -0.3 is 21.5 Å². The van der Waals surface area contributed by atoms with Crippen LogP contribution in [0.1, 0.15) is 13.3 Å². The van der Waals surface area contributed by atoms with E-state index in [1.807, 2.05) is 12.1 Å². The molecule has 1 aromatic carbocycles. The van der Waals surface area contributed by atoms with Gasteiger partial charge in [-0.05, 0) is 44.2 Å². The lowest BCUT2D eigenvalue weighted by Crippen LogP contribution is -2.30. The largest absolute Gasteiger partial charge is 0.481 e. The lowest BCUT2D eigenvalue weighted by Gasteiger charge is -2.12. The van der Waals surface area contributed by atoms with E-state index in [9.17, 15) is 4.79 Å². The van der Waals surface area contributed by atoms with Crippen LogP contribution in [0.25, 0.3) is 0 Å². The average Bonchev–Trinajstić information content (AvgIpc) is 2.31. The van der Waals surface area contributed by atoms with Crippen molar-refractivity contribution in [3.05, 3.63) is 24.3 Å². The lowest BCUT2D eigenvalue weighted by molar-refractivity contribution is -0.123. The summed E-state index contributed by atoms with van der Waals surface area (Å²) in [5, 5.41) is 3.22. The molecule has 1 atom stereocenters. The Morgan fingerprint density at radius 3 is 2.59 bits per heavy atom. The van der Waals surface area contributed by atoms with Crippen LogP contribution in [0.3, 0.4) is 0 Å². The van der Waals surface area contributed by atoms with E-state index in [0.717, 1.165) is 18.7 Å². The zero-order valence-corrected chi connectivity index (χ0v) is 9.98. The second-order valence-corrected chi connectivity index (χ2v) is 3.76. The number of carbonyl (C=O) groups is 1. The molecule has 0 spiro atoms. The van der Waals surface area contributed by atoms with Gasteiger partial charge in [0.25, 0.3) is 5.91 Å². The number of rotatable bonds is 7. The number of ether oxygens (including phenoxy) is 1. The highest BCUT2D eigenvalue weighted by molar-refractivity contribution is 5.78. The monoisotopic (exact) mass is 237 g/mol. The molecule has 0 fully saturated rings. The smallest absolute Gasteiger partial charge is 0.258 e. The van der Waals surface area contributed by atoms with E-state index in [1.54, 1.807) is 19.1 Å². The number of carbonyl (C=O) groups excluding carboxylic acids is 1. The summed E-state index contributed by atoms with van der Waals surface area (Å²) in [4.78, 5) is 10.8. The molecule has 0 aliphatic rings. The number of nitrogens with two attached hydrogens (primary N) is 2. The molecule has 0 saturated heterocycles. The summed E-state index contributed by atoms with van der Waals surface area (Å²) in [5.74, 6) is 0.149. The van der Waals surface area contributed by atoms with E-state index >= 15 is 0 Å². The van der Waals surface area contributed by atoms with Crippen LogP contribution in [0, 0.1) is 0 Å². The Morgan fingerprint density at radius 1 is 1.41 bits per heavy atom. The predicted octanol–water partition coefficient (Wildman–Crippen LogP) is 0.700. The zero-order valence-electron chi connectivity index (χ0n) is 9.98. The molecule has 5 heteroatoms. The first-order chi connectivity index (χ1) is 8.13. The van der Waals surface area contributed by atoms with Crippen molar-refractivity contribution in [2.45, 2.75) is 19.4 Å². The molecule has 94 valence electrons. The van der Waals surface area contributed by atoms with E-state index in [2.05, 4.69) is 5.32 Å². The second-order valence-electron chi connectivity index (χ2n) is 3.76. The third-order valence-electron chi connectivity index (χ3n) is 2.28. The van der Waals surface area contributed by atoms with Crippen LogP contribution in [-0.4, -0.2) is 25.1 Å². The number of anilines is 1. The first-order valence-electron chi connectivity index (χ1n) is 5.63. The number of nitrogens with one attached hydrogen (secondary N) is 1. The summed E-state index contributed by atoms with van der Waals surface area (Å²) in [7, 11) is 0. The maximum absolute atomic E-state index is 10.8. The SMILES string of the molecule is CC(Oc1ccc(NCCCN)cc1)C(N)=O. The lowest BCUT2D eigenvalue weighted by atomic mass is 10.3. The Balaban J connectivity index is 2.47. The molecule has 0 saturated carbocycles. The minimum Gasteiger partial charge on any atom is -0.481 e. The van der Waals surface area contributed by atoms with E-state index in [4.69, 9.17) is 16.2 Å². The van der Waals surface area contributed by atoms with Gasteiger partial charge >= 0.3 is 0 Å². The Hall–Kier alpha value is -1.75. The molecule has 1 rings (SSSR count). The van der Waals surface area contributed by atoms with Crippen LogP contribution in [0.15, 0.2) is 24.3 Å². The fourth-order valence-electron chi connectivity index (χ4n) is 1.25. The van der Waals surface area contributed by atoms with Crippen LogP contribution >= 0.6 is 0 Å². The average molecular weight is 237 g/mol. The topological polar surface area (TPSA) is 90.4 Å². The Kier molecular flexibility index (Phi) is 5.29. The molecule has 0 aromatic heterocycles. The standard InChI is InChI=1S/C12H19N3O2/c1-9(12(14)16)17-11-5-3-10(4-6-11)15-8-2-7-13/h3-6,9,15H,2,7-8,13H2,1H3,(H2,14,16). The number of amides is 1. The van der Waals surface area contributed by atoms with Crippen LogP contribution in [0.4, 0.5) is 5.69 Å². The van der Waals surface area contributed by atoms with Crippen molar-refractivity contribution < 1.29 is 9.53 Å². The van der Waals surface area contributed by atoms with E-state index < -0.39 is 12.0 Å². The normalized spacial score (nSPS) is 11.9. The summed E-state index contributed by atoms with van der Waals surface area (Å²) in [6.45, 7) is 3.13. The molecule has 5 N–H and O–H groups in total. The molecule has 17 heavy (non-hydrogen) atoms. The van der Waals surface area contributed by atoms with Crippen molar-refractivity contribution in [2.75, 3.05) is 18.4 Å². The van der Waals surface area contributed by atoms with Crippen molar-refractivity contribution >= 4 is 11.6 Å². The van der Waals surface area contributed by atoms with E-state index in [-0.39, 0.29) is 0 Å². The van der Waals surface area contributed by atoms with Crippen molar-refractivity contribution in [1.29, 1.82) is 0 Å². The number of hydrogen-bond donors (Lipinski definition) is 3. The zero-order chi connectivity index (χ0) is 12.7. The summed E-state index contributed by atoms with van der Waals surface area (Å²) < 4.78 is 5.33. The van der Waals surface area contributed by atoms with Crippen LogP contribution in [0.2, 0.25) is 0 Å². The van der Waals surface area contributed by atoms with Crippen molar-refractivity contribution in [3.8, 4) is 5.75 Å². The van der Waals surface area contributed by atoms with Gasteiger partial charge in [0, 0.05) is 12.2 Å². The molecule has 0 bridgehead atoms. The minimum absolute atomic E-state index is 0.477. The van der Waals surface area contributed by atoms with Gasteiger partial charge in [-0.2, -0.15) is 0 Å². The van der Waals surface area contributed by atoms with Crippen LogP contribution in [-0.2, 0) is 4.79 Å². The highest BCUT2D eigenvalue weighted by Gasteiger charge is 2.09. The predicted molar refractivity (Wildman–Crippen MR) is 67.9 cm³/mol. The van der Waals surface area contributed by atoms with E-state index in [1.165, 1.54) is 0 Å². The van der Waals surface area contributed by atoms with Crippen molar-refractivity contribution in [2.24, 2.45) is 11.5 Å². The molecule has 1 unspecified atom stereocenters. The minimum atomic E-state index is -0.619. The summed E-state index contributed by atoms with van der Waals surface area (Å²) in [6, 6.07) is 7.37. The molecule has 0 aliphatic heterocycles. The quantitative estimate of drug-likeness (QED) is 0.609. The van der Waals surface area contributed by atoms with Gasteiger partial charge in [0.15, 0.2) is 6.10 Å². The van der Waals surface area contributed by atoms with Gasteiger partial charge in [-0.3, -0.25) is 4.79 Å². The Morgan fingerprint density at radius 2 is 2.06 bits per heavy atom. The van der Waals surface area contributed by atoms with Gasteiger partial charge in [-0.15, -0.1) is 0 Å². The molecular formula is C12H19N3O2. The maximum atomic E-state index is 10.8. The fraction of sp³-hybridized carbons (Fsp3) is 0.417. The van der Waals surface area contributed by atoms with E-state index in [0.29, 0.717) is 12.3 Å². The fourth-order valence-corrected chi connectivity index (χ4v) is 1.25. The van der Waals surface area contributed by atoms with Crippen molar-refractivity contribution in [3.63, 3.8) is 0 Å². The van der Waals surface area contributed by atoms with Gasteiger partial charge in [0.05, 0.1) is 0 Å². The number of benzene rings is 1. The molecular weight excluding hydrogens is 218 g/mol. The third-order valence-corrected chi connectivity index (χ3v) is 2.28. The first kappa shape index (κ1) is 13.3. The Labute approximate surface area is 101 Å². The molecule has 0 aliphatic carbocycles. The van der Waals surface area contributed by atoms with Gasteiger partial charge in [-0.1, -0.05) is 0 Å². The summed E-state index contributed by atoms with van der Waals surface area (Å²) in [6.07, 6.45) is 0.308. The third kappa shape index (κ3) is 4.74.